The molecule has 1 N–H and O–H groups in total. The van der Waals surface area contributed by atoms with Gasteiger partial charge in [-0.1, -0.05) is 25.8 Å². The summed E-state index contributed by atoms with van der Waals surface area (Å²) in [5.74, 6) is 1.04. The van der Waals surface area contributed by atoms with Crippen molar-refractivity contribution in [3.63, 3.8) is 0 Å². The Balaban J connectivity index is 2.38. The summed E-state index contributed by atoms with van der Waals surface area (Å²) < 4.78 is 6.47. The molecule has 18 heavy (non-hydrogen) atoms. The van der Waals surface area contributed by atoms with Crippen LogP contribution in [0.1, 0.15) is 57.3 Å². The first kappa shape index (κ1) is 15.5. The van der Waals surface area contributed by atoms with Crippen LogP contribution >= 0.6 is 15.9 Å². The van der Waals surface area contributed by atoms with Crippen LogP contribution in [0.15, 0.2) is 33.9 Å². The minimum absolute atomic E-state index is 0.347. The Kier molecular flexibility index (Phi) is 8.10. The number of rotatable bonds is 10. The summed E-state index contributed by atoms with van der Waals surface area (Å²) in [4.78, 5) is 0. The average Bonchev–Trinajstić information content (AvgIpc) is 2.79. The molecule has 102 valence electrons. The highest BCUT2D eigenvalue weighted by atomic mass is 79.9. The minimum atomic E-state index is 0.347. The van der Waals surface area contributed by atoms with Gasteiger partial charge >= 0.3 is 0 Å². The summed E-state index contributed by atoms with van der Waals surface area (Å²) in [5, 5.41) is 3.56. The molecule has 0 aliphatic carbocycles. The van der Waals surface area contributed by atoms with Crippen molar-refractivity contribution in [2.75, 3.05) is 6.54 Å². The standard InChI is InChI=1S/C15H24BrNO/c1-3-5-6-7-8-9-13(17-12-4-2)14-10-11-15(16)18-14/h3,10-11,13,17H,1,4-9,12H2,2H3. The van der Waals surface area contributed by atoms with Gasteiger partial charge in [-0.15, -0.1) is 6.58 Å². The molecule has 3 heteroatoms. The van der Waals surface area contributed by atoms with Crippen LogP contribution in [0.3, 0.4) is 0 Å². The van der Waals surface area contributed by atoms with E-state index in [1.54, 1.807) is 0 Å². The number of allylic oxidation sites excluding steroid dienone is 1. The smallest absolute Gasteiger partial charge is 0.169 e. The molecule has 0 saturated carbocycles. The molecule has 1 heterocycles. The summed E-state index contributed by atoms with van der Waals surface area (Å²) in [6, 6.07) is 4.37. The molecule has 0 radical (unpaired) electrons. The predicted octanol–water partition coefficient (Wildman–Crippen LogP) is 5.22. The number of furan rings is 1. The molecular weight excluding hydrogens is 290 g/mol. The highest BCUT2D eigenvalue weighted by molar-refractivity contribution is 9.10. The number of nitrogens with one attached hydrogen (secondary N) is 1. The highest BCUT2D eigenvalue weighted by Crippen LogP contribution is 2.24. The van der Waals surface area contributed by atoms with Gasteiger partial charge in [-0.25, -0.2) is 0 Å². The van der Waals surface area contributed by atoms with Gasteiger partial charge in [0.15, 0.2) is 4.67 Å². The Morgan fingerprint density at radius 2 is 2.22 bits per heavy atom. The van der Waals surface area contributed by atoms with Gasteiger partial charge in [0.2, 0.25) is 0 Å². The monoisotopic (exact) mass is 313 g/mol. The summed E-state index contributed by atoms with van der Waals surface area (Å²) in [5.41, 5.74) is 0. The lowest BCUT2D eigenvalue weighted by Gasteiger charge is -2.16. The lowest BCUT2D eigenvalue weighted by atomic mass is 10.0. The van der Waals surface area contributed by atoms with E-state index in [1.807, 2.05) is 12.1 Å². The topological polar surface area (TPSA) is 25.2 Å². The van der Waals surface area contributed by atoms with E-state index in [1.165, 1.54) is 19.3 Å². The first-order chi connectivity index (χ1) is 8.77. The molecule has 0 fully saturated rings. The maximum Gasteiger partial charge on any atom is 0.169 e. The van der Waals surface area contributed by atoms with Crippen LogP contribution in [0.5, 0.6) is 0 Å². The van der Waals surface area contributed by atoms with Crippen LogP contribution < -0.4 is 5.32 Å². The summed E-state index contributed by atoms with van der Waals surface area (Å²) >= 11 is 3.37. The number of hydrogen-bond donors (Lipinski definition) is 1. The van der Waals surface area contributed by atoms with E-state index in [4.69, 9.17) is 4.42 Å². The zero-order chi connectivity index (χ0) is 13.2. The quantitative estimate of drug-likeness (QED) is 0.473. The van der Waals surface area contributed by atoms with Gasteiger partial charge in [0.1, 0.15) is 5.76 Å². The van der Waals surface area contributed by atoms with E-state index >= 15 is 0 Å². The first-order valence-corrected chi connectivity index (χ1v) is 7.66. The maximum absolute atomic E-state index is 5.66. The number of unbranched alkanes of at least 4 members (excludes halogenated alkanes) is 3. The second kappa shape index (κ2) is 9.40. The Hall–Kier alpha value is -0.540. The van der Waals surface area contributed by atoms with E-state index in [0.717, 1.165) is 36.2 Å². The van der Waals surface area contributed by atoms with Crippen LogP contribution in [0.4, 0.5) is 0 Å². The minimum Gasteiger partial charge on any atom is -0.453 e. The Morgan fingerprint density at radius 3 is 2.83 bits per heavy atom. The van der Waals surface area contributed by atoms with E-state index in [9.17, 15) is 0 Å². The molecule has 0 spiro atoms. The van der Waals surface area contributed by atoms with Gasteiger partial charge in [0.25, 0.3) is 0 Å². The van der Waals surface area contributed by atoms with Crippen molar-refractivity contribution < 1.29 is 4.42 Å². The molecule has 0 saturated heterocycles. The van der Waals surface area contributed by atoms with Crippen molar-refractivity contribution >= 4 is 15.9 Å². The molecule has 1 aromatic heterocycles. The van der Waals surface area contributed by atoms with E-state index in [-0.39, 0.29) is 0 Å². The Bertz CT molecular complexity index is 335. The Labute approximate surface area is 119 Å². The molecule has 1 unspecified atom stereocenters. The lowest BCUT2D eigenvalue weighted by molar-refractivity contribution is 0.377. The van der Waals surface area contributed by atoms with E-state index in [2.05, 4.69) is 40.8 Å². The van der Waals surface area contributed by atoms with Crippen molar-refractivity contribution in [2.24, 2.45) is 0 Å². The van der Waals surface area contributed by atoms with Crippen molar-refractivity contribution in [1.29, 1.82) is 0 Å². The van der Waals surface area contributed by atoms with Gasteiger partial charge in [-0.3, -0.25) is 0 Å². The fraction of sp³-hybridized carbons (Fsp3) is 0.600. The third-order valence-corrected chi connectivity index (χ3v) is 3.41. The third-order valence-electron chi connectivity index (χ3n) is 2.98. The largest absolute Gasteiger partial charge is 0.453 e. The lowest BCUT2D eigenvalue weighted by Crippen LogP contribution is -2.21. The van der Waals surface area contributed by atoms with Crippen LogP contribution in [0.25, 0.3) is 0 Å². The van der Waals surface area contributed by atoms with Gasteiger partial charge in [-0.2, -0.15) is 0 Å². The molecule has 1 aromatic rings. The van der Waals surface area contributed by atoms with Gasteiger partial charge in [0.05, 0.1) is 6.04 Å². The fourth-order valence-electron chi connectivity index (χ4n) is 1.99. The van der Waals surface area contributed by atoms with Crippen LogP contribution in [-0.4, -0.2) is 6.54 Å². The van der Waals surface area contributed by atoms with Crippen LogP contribution in [0.2, 0.25) is 0 Å². The zero-order valence-corrected chi connectivity index (χ0v) is 12.8. The molecule has 1 rings (SSSR count). The van der Waals surface area contributed by atoms with Gasteiger partial charge in [-0.05, 0) is 60.3 Å². The Morgan fingerprint density at radius 1 is 1.39 bits per heavy atom. The van der Waals surface area contributed by atoms with Crippen molar-refractivity contribution in [2.45, 2.75) is 51.5 Å². The van der Waals surface area contributed by atoms with Gasteiger partial charge < -0.3 is 9.73 Å². The molecule has 1 atom stereocenters. The van der Waals surface area contributed by atoms with Crippen molar-refractivity contribution in [1.82, 2.24) is 5.32 Å². The van der Waals surface area contributed by atoms with Crippen molar-refractivity contribution in [3.8, 4) is 0 Å². The normalized spacial score (nSPS) is 12.6. The summed E-state index contributed by atoms with van der Waals surface area (Å²) in [6.07, 6.45) is 9.14. The molecule has 0 aliphatic heterocycles. The van der Waals surface area contributed by atoms with E-state index < -0.39 is 0 Å². The third kappa shape index (κ3) is 5.87. The molecular formula is C15H24BrNO. The molecule has 2 nitrogen and oxygen atoms in total. The molecule has 0 amide bonds. The highest BCUT2D eigenvalue weighted by Gasteiger charge is 2.13. The van der Waals surface area contributed by atoms with Gasteiger partial charge in [0, 0.05) is 0 Å². The molecule has 0 bridgehead atoms. The molecule has 0 aliphatic rings. The fourth-order valence-corrected chi connectivity index (χ4v) is 2.31. The second-order valence-electron chi connectivity index (χ2n) is 4.58. The maximum atomic E-state index is 5.66. The van der Waals surface area contributed by atoms with E-state index in [0.29, 0.717) is 6.04 Å². The number of hydrogen-bond acceptors (Lipinski definition) is 2. The predicted molar refractivity (Wildman–Crippen MR) is 80.7 cm³/mol. The summed E-state index contributed by atoms with van der Waals surface area (Å²) in [7, 11) is 0. The second-order valence-corrected chi connectivity index (χ2v) is 5.36. The molecule has 0 aromatic carbocycles. The van der Waals surface area contributed by atoms with Crippen LogP contribution in [-0.2, 0) is 0 Å². The van der Waals surface area contributed by atoms with Crippen LogP contribution in [0, 0.1) is 0 Å². The summed E-state index contributed by atoms with van der Waals surface area (Å²) in [6.45, 7) is 6.98. The number of halogens is 1. The first-order valence-electron chi connectivity index (χ1n) is 6.87. The SMILES string of the molecule is C=CCCCCCC(NCCC)c1ccc(Br)o1. The average molecular weight is 314 g/mol. The van der Waals surface area contributed by atoms with Crippen molar-refractivity contribution in [3.05, 3.63) is 35.2 Å². The zero-order valence-electron chi connectivity index (χ0n) is 11.3.